The van der Waals surface area contributed by atoms with Crippen LogP contribution in [-0.4, -0.2) is 22.6 Å². The lowest BCUT2D eigenvalue weighted by atomic mass is 10.0. The zero-order valence-electron chi connectivity index (χ0n) is 11.2. The lowest BCUT2D eigenvalue weighted by molar-refractivity contribution is -0.386. The van der Waals surface area contributed by atoms with E-state index in [1.54, 1.807) is 19.1 Å². The van der Waals surface area contributed by atoms with Gasteiger partial charge in [-0.05, 0) is 31.4 Å². The summed E-state index contributed by atoms with van der Waals surface area (Å²) in [7, 11) is 0. The fourth-order valence-electron chi connectivity index (χ4n) is 2.09. The van der Waals surface area contributed by atoms with E-state index in [1.165, 1.54) is 6.07 Å². The summed E-state index contributed by atoms with van der Waals surface area (Å²) >= 11 is 0. The van der Waals surface area contributed by atoms with Crippen molar-refractivity contribution in [1.29, 1.82) is 0 Å². The van der Waals surface area contributed by atoms with Gasteiger partial charge < -0.3 is 15.7 Å². The highest BCUT2D eigenvalue weighted by Crippen LogP contribution is 2.49. The lowest BCUT2D eigenvalue weighted by Crippen LogP contribution is -2.22. The number of rotatable bonds is 6. The third kappa shape index (κ3) is 3.17. The van der Waals surface area contributed by atoms with E-state index in [0.29, 0.717) is 13.0 Å². The molecule has 1 aliphatic rings. The van der Waals surface area contributed by atoms with E-state index in [1.807, 2.05) is 0 Å². The van der Waals surface area contributed by atoms with Crippen molar-refractivity contribution >= 4 is 11.5 Å². The molecule has 2 rings (SSSR count). The zero-order valence-corrected chi connectivity index (χ0v) is 11.2. The van der Waals surface area contributed by atoms with Gasteiger partial charge in [-0.1, -0.05) is 11.2 Å². The average Bonchev–Trinajstić information content (AvgIpc) is 3.17. The molecule has 7 nitrogen and oxygen atoms in total. The van der Waals surface area contributed by atoms with Crippen LogP contribution in [0, 0.1) is 22.5 Å². The van der Waals surface area contributed by atoms with E-state index in [-0.39, 0.29) is 22.7 Å². The van der Waals surface area contributed by atoms with E-state index < -0.39 is 4.92 Å². The Labute approximate surface area is 116 Å². The Morgan fingerprint density at radius 2 is 2.30 bits per heavy atom. The molecule has 0 heterocycles. The van der Waals surface area contributed by atoms with Crippen LogP contribution in [0.25, 0.3) is 0 Å². The van der Waals surface area contributed by atoms with E-state index in [4.69, 9.17) is 15.7 Å². The summed E-state index contributed by atoms with van der Waals surface area (Å²) in [5.41, 5.74) is 6.11. The Hall–Kier alpha value is -2.31. The highest BCUT2D eigenvalue weighted by atomic mass is 16.6. The molecule has 0 aliphatic heterocycles. The standard InChI is InChI=1S/C13H17N3O4/c1-9-2-3-11(10(6-9)16(18)19)20-8-13(4-5-13)7-12(14)15-17/h2-3,6,17H,4-5,7-8H2,1H3,(H2,14,15). The fraction of sp³-hybridized carbons (Fsp3) is 0.462. The molecule has 0 amide bonds. The highest BCUT2D eigenvalue weighted by Gasteiger charge is 2.44. The second-order valence-electron chi connectivity index (χ2n) is 5.29. The monoisotopic (exact) mass is 279 g/mol. The molecule has 20 heavy (non-hydrogen) atoms. The van der Waals surface area contributed by atoms with E-state index in [9.17, 15) is 10.1 Å². The van der Waals surface area contributed by atoms with Gasteiger partial charge in [0.2, 0.25) is 0 Å². The Bertz CT molecular complexity index is 553. The van der Waals surface area contributed by atoms with Gasteiger partial charge in [0.05, 0.1) is 11.5 Å². The first-order chi connectivity index (χ1) is 9.46. The minimum absolute atomic E-state index is 0.0374. The van der Waals surface area contributed by atoms with Crippen molar-refractivity contribution in [2.24, 2.45) is 16.3 Å². The number of hydrogen-bond donors (Lipinski definition) is 2. The summed E-state index contributed by atoms with van der Waals surface area (Å²) in [5.74, 6) is 0.413. The number of nitrogens with two attached hydrogens (primary N) is 1. The maximum Gasteiger partial charge on any atom is 0.311 e. The van der Waals surface area contributed by atoms with Gasteiger partial charge in [0.1, 0.15) is 5.84 Å². The first-order valence-corrected chi connectivity index (χ1v) is 6.30. The molecular formula is C13H17N3O4. The second-order valence-corrected chi connectivity index (χ2v) is 5.29. The minimum Gasteiger partial charge on any atom is -0.486 e. The van der Waals surface area contributed by atoms with Gasteiger partial charge in [0.25, 0.3) is 0 Å². The van der Waals surface area contributed by atoms with Crippen LogP contribution in [0.5, 0.6) is 5.75 Å². The van der Waals surface area contributed by atoms with Crippen LogP contribution in [0.1, 0.15) is 24.8 Å². The number of nitro benzene ring substituents is 1. The molecule has 1 aromatic carbocycles. The smallest absolute Gasteiger partial charge is 0.311 e. The number of hydrogen-bond acceptors (Lipinski definition) is 5. The quantitative estimate of drug-likeness (QED) is 0.272. The van der Waals surface area contributed by atoms with Crippen LogP contribution in [0.4, 0.5) is 5.69 Å². The van der Waals surface area contributed by atoms with Crippen LogP contribution < -0.4 is 10.5 Å². The molecule has 1 saturated carbocycles. The van der Waals surface area contributed by atoms with Crippen molar-refractivity contribution in [3.63, 3.8) is 0 Å². The largest absolute Gasteiger partial charge is 0.486 e. The van der Waals surface area contributed by atoms with E-state index >= 15 is 0 Å². The SMILES string of the molecule is Cc1ccc(OCC2(CC(N)=NO)CC2)c([N+](=O)[O-])c1. The third-order valence-electron chi connectivity index (χ3n) is 3.49. The summed E-state index contributed by atoms with van der Waals surface area (Å²) < 4.78 is 5.59. The topological polar surface area (TPSA) is 111 Å². The number of amidine groups is 1. The molecule has 108 valence electrons. The molecule has 0 saturated heterocycles. The van der Waals surface area contributed by atoms with Gasteiger partial charge in [-0.25, -0.2) is 0 Å². The maximum absolute atomic E-state index is 11.0. The molecule has 0 aromatic heterocycles. The Morgan fingerprint density at radius 1 is 1.60 bits per heavy atom. The van der Waals surface area contributed by atoms with Crippen LogP contribution in [0.15, 0.2) is 23.4 Å². The lowest BCUT2D eigenvalue weighted by Gasteiger charge is -2.15. The third-order valence-corrected chi connectivity index (χ3v) is 3.49. The summed E-state index contributed by atoms with van der Waals surface area (Å²) in [6.45, 7) is 2.12. The number of oxime groups is 1. The van der Waals surface area contributed by atoms with Gasteiger partial charge in [-0.3, -0.25) is 10.1 Å². The molecular weight excluding hydrogens is 262 g/mol. The molecule has 1 fully saturated rings. The molecule has 1 aliphatic carbocycles. The number of nitro groups is 1. The van der Waals surface area contributed by atoms with Crippen molar-refractivity contribution in [3.8, 4) is 5.75 Å². The first-order valence-electron chi connectivity index (χ1n) is 6.30. The second kappa shape index (κ2) is 5.36. The predicted octanol–water partition coefficient (Wildman–Crippen LogP) is 2.20. The Kier molecular flexibility index (Phi) is 3.78. The Morgan fingerprint density at radius 3 is 2.85 bits per heavy atom. The molecule has 1 aromatic rings. The summed E-state index contributed by atoms with van der Waals surface area (Å²) in [6.07, 6.45) is 2.24. The van der Waals surface area contributed by atoms with E-state index in [0.717, 1.165) is 18.4 Å². The van der Waals surface area contributed by atoms with Crippen LogP contribution in [-0.2, 0) is 0 Å². The normalized spacial score (nSPS) is 16.8. The van der Waals surface area contributed by atoms with Gasteiger partial charge >= 0.3 is 5.69 Å². The number of ether oxygens (including phenoxy) is 1. The van der Waals surface area contributed by atoms with Crippen LogP contribution in [0.2, 0.25) is 0 Å². The summed E-state index contributed by atoms with van der Waals surface area (Å²) in [5, 5.41) is 22.5. The molecule has 0 bridgehead atoms. The van der Waals surface area contributed by atoms with Gasteiger partial charge in [0, 0.05) is 17.9 Å². The zero-order chi connectivity index (χ0) is 14.8. The first kappa shape index (κ1) is 14.1. The van der Waals surface area contributed by atoms with Gasteiger partial charge in [-0.15, -0.1) is 0 Å². The maximum atomic E-state index is 11.0. The van der Waals surface area contributed by atoms with Crippen molar-refractivity contribution in [2.75, 3.05) is 6.61 Å². The van der Waals surface area contributed by atoms with Crippen LogP contribution >= 0.6 is 0 Å². The minimum atomic E-state index is -0.453. The molecule has 0 atom stereocenters. The van der Waals surface area contributed by atoms with Crippen molar-refractivity contribution < 1.29 is 14.9 Å². The average molecular weight is 279 g/mol. The Balaban J connectivity index is 2.06. The summed E-state index contributed by atoms with van der Waals surface area (Å²) in [6, 6.07) is 4.86. The number of nitrogens with zero attached hydrogens (tertiary/aromatic N) is 2. The molecule has 0 unspecified atom stereocenters. The molecule has 0 radical (unpaired) electrons. The van der Waals surface area contributed by atoms with Crippen molar-refractivity contribution in [2.45, 2.75) is 26.2 Å². The fourth-order valence-corrected chi connectivity index (χ4v) is 2.09. The number of benzene rings is 1. The molecule has 0 spiro atoms. The number of aryl methyl sites for hydroxylation is 1. The van der Waals surface area contributed by atoms with Crippen LogP contribution in [0.3, 0.4) is 0 Å². The highest BCUT2D eigenvalue weighted by molar-refractivity contribution is 5.80. The van der Waals surface area contributed by atoms with Gasteiger partial charge in [0.15, 0.2) is 5.75 Å². The predicted molar refractivity (Wildman–Crippen MR) is 73.0 cm³/mol. The summed E-state index contributed by atoms with van der Waals surface area (Å²) in [4.78, 5) is 10.5. The molecule has 7 heteroatoms. The van der Waals surface area contributed by atoms with Crippen molar-refractivity contribution in [1.82, 2.24) is 0 Å². The van der Waals surface area contributed by atoms with E-state index in [2.05, 4.69) is 5.16 Å². The molecule has 3 N–H and O–H groups in total. The van der Waals surface area contributed by atoms with Crippen molar-refractivity contribution in [3.05, 3.63) is 33.9 Å². The van der Waals surface area contributed by atoms with Gasteiger partial charge in [-0.2, -0.15) is 0 Å².